The predicted molar refractivity (Wildman–Crippen MR) is 151 cm³/mol. The molecule has 8 nitrogen and oxygen atoms in total. The van der Waals surface area contributed by atoms with Gasteiger partial charge < -0.3 is 24.5 Å². The van der Waals surface area contributed by atoms with E-state index in [1.165, 1.54) is 4.90 Å². The zero-order valence-corrected chi connectivity index (χ0v) is 24.0. The molecule has 3 amide bonds. The monoisotopic (exact) mass is 537 g/mol. The highest BCUT2D eigenvalue weighted by molar-refractivity contribution is 6.05. The molecule has 0 aromatic heterocycles. The predicted octanol–water partition coefficient (Wildman–Crippen LogP) is 3.25. The molecule has 3 aliphatic heterocycles. The van der Waals surface area contributed by atoms with Gasteiger partial charge in [-0.3, -0.25) is 14.4 Å². The van der Waals surface area contributed by atoms with Gasteiger partial charge in [0.05, 0.1) is 24.0 Å². The summed E-state index contributed by atoms with van der Waals surface area (Å²) < 4.78 is 6.83. The van der Waals surface area contributed by atoms with Gasteiger partial charge in [0.2, 0.25) is 11.8 Å². The lowest BCUT2D eigenvalue weighted by Gasteiger charge is -2.39. The first-order valence-electron chi connectivity index (χ1n) is 14.0. The minimum atomic E-state index is -1.17. The van der Waals surface area contributed by atoms with Gasteiger partial charge in [-0.1, -0.05) is 38.1 Å². The number of ether oxygens (including phenoxy) is 1. The van der Waals surface area contributed by atoms with Gasteiger partial charge in [-0.15, -0.1) is 13.2 Å². The van der Waals surface area contributed by atoms with Crippen molar-refractivity contribution in [1.82, 2.24) is 9.80 Å². The van der Waals surface area contributed by atoms with Gasteiger partial charge in [-0.25, -0.2) is 0 Å². The van der Waals surface area contributed by atoms with Crippen molar-refractivity contribution in [2.75, 3.05) is 37.7 Å². The van der Waals surface area contributed by atoms with Crippen LogP contribution in [-0.4, -0.2) is 82.7 Å². The van der Waals surface area contributed by atoms with Crippen LogP contribution in [-0.2, 0) is 19.1 Å². The van der Waals surface area contributed by atoms with Crippen LogP contribution < -0.4 is 4.90 Å². The third-order valence-electron chi connectivity index (χ3n) is 9.04. The number of aliphatic hydroxyl groups excluding tert-OH is 1. The number of likely N-dealkylation sites (tertiary alicyclic amines) is 1. The Bertz CT molecular complexity index is 1170. The fourth-order valence-corrected chi connectivity index (χ4v) is 7.25. The number of hydrogen-bond donors (Lipinski definition) is 1. The normalized spacial score (nSPS) is 30.8. The molecule has 3 heterocycles. The van der Waals surface area contributed by atoms with Gasteiger partial charge in [-0.05, 0) is 56.7 Å². The van der Waals surface area contributed by atoms with E-state index in [2.05, 4.69) is 13.2 Å². The molecule has 1 spiro atoms. The zero-order chi connectivity index (χ0) is 28.7. The van der Waals surface area contributed by atoms with Crippen molar-refractivity contribution in [2.24, 2.45) is 17.8 Å². The minimum Gasteiger partial charge on any atom is -0.395 e. The summed E-state index contributed by atoms with van der Waals surface area (Å²) in [5.41, 5.74) is 0.618. The number of aliphatic hydroxyl groups is 1. The van der Waals surface area contributed by atoms with Crippen molar-refractivity contribution in [2.45, 2.75) is 64.7 Å². The Labute approximate surface area is 232 Å². The maximum Gasteiger partial charge on any atom is 0.253 e. The summed E-state index contributed by atoms with van der Waals surface area (Å²) in [4.78, 5) is 47.7. The fraction of sp³-hybridized carbons (Fsp3) is 0.581. The summed E-state index contributed by atoms with van der Waals surface area (Å²) in [6, 6.07) is 4.95. The summed E-state index contributed by atoms with van der Waals surface area (Å²) in [5.74, 6) is -2.31. The highest BCUT2D eigenvalue weighted by Crippen LogP contribution is 2.65. The van der Waals surface area contributed by atoms with Crippen LogP contribution in [0.4, 0.5) is 5.69 Å². The van der Waals surface area contributed by atoms with E-state index in [-0.39, 0.29) is 43.3 Å². The molecule has 1 aromatic carbocycles. The number of carbonyl (C=O) groups is 3. The molecule has 0 saturated carbocycles. The van der Waals surface area contributed by atoms with Gasteiger partial charge in [0, 0.05) is 31.9 Å². The van der Waals surface area contributed by atoms with Gasteiger partial charge in [0.1, 0.15) is 11.6 Å². The SMILES string of the molecule is C=CCN(CCC)C(=O)[C@@H]1[C@H]2C(=O)N(CCO)C(C(=O)N(CC=C)c3cc(C)ccc3C)C23CC(C)[C@@]1(C)O3. The number of rotatable bonds is 11. The lowest BCUT2D eigenvalue weighted by molar-refractivity contribution is -0.151. The number of β-amino-alcohol motifs (C(OH)–C–C–N with tert-alkyl or cyclic N) is 1. The smallest absolute Gasteiger partial charge is 0.253 e. The topological polar surface area (TPSA) is 90.4 Å². The second kappa shape index (κ2) is 10.9. The average molecular weight is 538 g/mol. The van der Waals surface area contributed by atoms with Gasteiger partial charge in [-0.2, -0.15) is 0 Å². The third kappa shape index (κ3) is 4.42. The van der Waals surface area contributed by atoms with E-state index in [0.717, 1.165) is 23.2 Å². The lowest BCUT2D eigenvalue weighted by atomic mass is 9.62. The highest BCUT2D eigenvalue weighted by atomic mass is 16.5. The maximum atomic E-state index is 14.6. The number of nitrogens with zero attached hydrogens (tertiary/aromatic N) is 3. The second-order valence-electron chi connectivity index (χ2n) is 11.6. The molecule has 1 N–H and O–H groups in total. The van der Waals surface area contributed by atoms with Gasteiger partial charge in [0.25, 0.3) is 5.91 Å². The summed E-state index contributed by atoms with van der Waals surface area (Å²) in [5, 5.41) is 9.96. The Morgan fingerprint density at radius 3 is 2.51 bits per heavy atom. The lowest BCUT2D eigenvalue weighted by Crippen LogP contribution is -2.57. The van der Waals surface area contributed by atoms with Crippen LogP contribution >= 0.6 is 0 Å². The molecule has 8 heteroatoms. The van der Waals surface area contributed by atoms with Crippen LogP contribution in [0.15, 0.2) is 43.5 Å². The van der Waals surface area contributed by atoms with E-state index in [4.69, 9.17) is 4.74 Å². The Balaban J connectivity index is 1.84. The number of amides is 3. The van der Waals surface area contributed by atoms with Gasteiger partial charge in [0.15, 0.2) is 0 Å². The largest absolute Gasteiger partial charge is 0.395 e. The van der Waals surface area contributed by atoms with Crippen LogP contribution in [0.3, 0.4) is 0 Å². The molecule has 3 unspecified atom stereocenters. The van der Waals surface area contributed by atoms with Gasteiger partial charge >= 0.3 is 0 Å². The van der Waals surface area contributed by atoms with E-state index in [0.29, 0.717) is 19.5 Å². The Kier molecular flexibility index (Phi) is 8.11. The minimum absolute atomic E-state index is 0.0110. The van der Waals surface area contributed by atoms with Crippen LogP contribution in [0.2, 0.25) is 0 Å². The molecule has 3 saturated heterocycles. The molecular formula is C31H43N3O5. The van der Waals surface area contributed by atoms with E-state index >= 15 is 0 Å². The van der Waals surface area contributed by atoms with E-state index < -0.39 is 29.1 Å². The quantitative estimate of drug-likeness (QED) is 0.438. The Hall–Kier alpha value is -2.97. The molecule has 4 rings (SSSR count). The summed E-state index contributed by atoms with van der Waals surface area (Å²) in [6.45, 7) is 18.4. The van der Waals surface area contributed by atoms with E-state index in [9.17, 15) is 19.5 Å². The van der Waals surface area contributed by atoms with Crippen molar-refractivity contribution in [3.63, 3.8) is 0 Å². The Morgan fingerprint density at radius 2 is 1.90 bits per heavy atom. The first-order chi connectivity index (χ1) is 18.5. The molecule has 2 bridgehead atoms. The summed E-state index contributed by atoms with van der Waals surface area (Å²) >= 11 is 0. The van der Waals surface area contributed by atoms with Crippen LogP contribution in [0, 0.1) is 31.6 Å². The van der Waals surface area contributed by atoms with Crippen molar-refractivity contribution in [3.8, 4) is 0 Å². The molecule has 39 heavy (non-hydrogen) atoms. The number of hydrogen-bond acceptors (Lipinski definition) is 5. The first-order valence-corrected chi connectivity index (χ1v) is 14.0. The molecule has 6 atom stereocenters. The van der Waals surface area contributed by atoms with Crippen molar-refractivity contribution in [3.05, 3.63) is 54.6 Å². The van der Waals surface area contributed by atoms with Crippen LogP contribution in [0.5, 0.6) is 0 Å². The molecule has 1 aromatic rings. The maximum absolute atomic E-state index is 14.6. The zero-order valence-electron chi connectivity index (χ0n) is 24.0. The van der Waals surface area contributed by atoms with Crippen molar-refractivity contribution < 1.29 is 24.2 Å². The first kappa shape index (κ1) is 29.0. The van der Waals surface area contributed by atoms with Crippen molar-refractivity contribution in [1.29, 1.82) is 0 Å². The fourth-order valence-electron chi connectivity index (χ4n) is 7.25. The van der Waals surface area contributed by atoms with Crippen molar-refractivity contribution >= 4 is 23.4 Å². The summed E-state index contributed by atoms with van der Waals surface area (Å²) in [7, 11) is 0. The number of carbonyl (C=O) groups excluding carboxylic acids is 3. The standard InChI is InChI=1S/C31H43N3O5/c1-8-13-32(14-9-2)27(36)24-25-28(37)34(16-17-35)26(31(25)19-22(6)30(24,7)39-31)29(38)33(15-10-3)23-18-20(4)11-12-21(23)5/h8,10-12,18,22,24-26,35H,1,3,9,13-17,19H2,2,4-7H3/t22?,24-,25-,26?,30+,31?/m0/s1. The molecule has 0 aliphatic carbocycles. The highest BCUT2D eigenvalue weighted by Gasteiger charge is 2.80. The molecule has 0 radical (unpaired) electrons. The average Bonchev–Trinajstić information content (AvgIpc) is 3.40. The van der Waals surface area contributed by atoms with Crippen LogP contribution in [0.25, 0.3) is 0 Å². The number of anilines is 1. The summed E-state index contributed by atoms with van der Waals surface area (Å²) in [6.07, 6.45) is 4.61. The number of fused-ring (bicyclic) bond motifs is 1. The number of benzene rings is 1. The molecule has 3 aliphatic rings. The van der Waals surface area contributed by atoms with Crippen LogP contribution in [0.1, 0.15) is 44.7 Å². The number of aryl methyl sites for hydroxylation is 2. The third-order valence-corrected chi connectivity index (χ3v) is 9.04. The van der Waals surface area contributed by atoms with E-state index in [1.807, 2.05) is 52.8 Å². The molecule has 3 fully saturated rings. The van der Waals surface area contributed by atoms with E-state index in [1.54, 1.807) is 22.0 Å². The second-order valence-corrected chi connectivity index (χ2v) is 11.6. The molecular weight excluding hydrogens is 494 g/mol. The molecule has 212 valence electrons. The Morgan fingerprint density at radius 1 is 1.21 bits per heavy atom.